The minimum atomic E-state index is -3.18. The molecule has 0 saturated carbocycles. The molecule has 324 valence electrons. The van der Waals surface area contributed by atoms with Crippen LogP contribution in [0.4, 0.5) is 0 Å². The first kappa shape index (κ1) is 42.3. The van der Waals surface area contributed by atoms with Gasteiger partial charge in [-0.05, 0) is 115 Å². The average molecular weight is 867 g/mol. The van der Waals surface area contributed by atoms with Crippen LogP contribution in [0.15, 0.2) is 164 Å². The van der Waals surface area contributed by atoms with Crippen molar-refractivity contribution < 1.29 is 0 Å². The lowest BCUT2D eigenvalue weighted by Crippen LogP contribution is -2.74. The van der Waals surface area contributed by atoms with Gasteiger partial charge in [-0.3, -0.25) is 9.13 Å². The summed E-state index contributed by atoms with van der Waals surface area (Å²) in [4.78, 5) is 21.6. The summed E-state index contributed by atoms with van der Waals surface area (Å²) in [6.45, 7) is 20.5. The van der Waals surface area contributed by atoms with Crippen LogP contribution in [-0.2, 0) is 16.2 Å². The molecule has 4 aromatic carbocycles. The van der Waals surface area contributed by atoms with Gasteiger partial charge in [0.05, 0.1) is 0 Å². The van der Waals surface area contributed by atoms with Gasteiger partial charge in [-0.15, -0.1) is 0 Å². The van der Waals surface area contributed by atoms with Crippen LogP contribution in [0.3, 0.4) is 0 Å². The van der Waals surface area contributed by atoms with Crippen LogP contribution in [-0.4, -0.2) is 37.1 Å². The number of hydrogen-bond acceptors (Lipinski definition) is 4. The fourth-order valence-corrected chi connectivity index (χ4v) is 14.3. The summed E-state index contributed by atoms with van der Waals surface area (Å²) < 4.78 is 4.48. The van der Waals surface area contributed by atoms with E-state index in [0.717, 1.165) is 68.4 Å². The van der Waals surface area contributed by atoms with E-state index in [1.807, 2.05) is 0 Å². The Morgan fingerprint density at radius 2 is 0.738 bits per heavy atom. The van der Waals surface area contributed by atoms with E-state index in [-0.39, 0.29) is 16.2 Å². The molecule has 0 aliphatic rings. The second-order valence-electron chi connectivity index (χ2n) is 20.1. The van der Waals surface area contributed by atoms with Crippen LogP contribution in [0.1, 0.15) is 91.8 Å². The number of rotatable bonds is 10. The van der Waals surface area contributed by atoms with E-state index in [1.54, 1.807) is 0 Å². The Kier molecular flexibility index (Phi) is 10.3. The molecule has 0 atom stereocenters. The van der Waals surface area contributed by atoms with Crippen molar-refractivity contribution in [1.29, 1.82) is 0 Å². The summed E-state index contributed by atoms with van der Waals surface area (Å²) in [6.07, 6.45) is 10.4. The largest absolute Gasteiger partial charge is 0.278 e. The van der Waals surface area contributed by atoms with Crippen molar-refractivity contribution in [3.8, 4) is 11.4 Å². The summed E-state index contributed by atoms with van der Waals surface area (Å²) in [6, 6.07) is 51.3. The van der Waals surface area contributed by atoms with Crippen LogP contribution in [0.25, 0.3) is 55.5 Å². The summed E-state index contributed by atoms with van der Waals surface area (Å²) in [5.74, 6) is 0. The Balaban J connectivity index is 1.31. The van der Waals surface area contributed by atoms with Gasteiger partial charge in [-0.25, -0.2) is 19.9 Å². The summed E-state index contributed by atoms with van der Waals surface area (Å²) in [5.41, 5.74) is 9.35. The third kappa shape index (κ3) is 6.90. The molecule has 0 unspecified atom stereocenters. The molecular weight excluding hydrogens is 809 g/mol. The fraction of sp³-hybridized carbons (Fsp3) is 0.241. The van der Waals surface area contributed by atoms with Gasteiger partial charge in [0.2, 0.25) is 0 Å². The van der Waals surface area contributed by atoms with E-state index in [2.05, 4.69) is 236 Å². The number of fused-ring (bicyclic) bond motifs is 6. The Morgan fingerprint density at radius 1 is 0.385 bits per heavy atom. The molecule has 0 aliphatic heterocycles. The van der Waals surface area contributed by atoms with Crippen molar-refractivity contribution in [2.24, 2.45) is 0 Å². The Labute approximate surface area is 384 Å². The van der Waals surface area contributed by atoms with E-state index in [4.69, 9.17) is 19.9 Å². The average Bonchev–Trinajstić information content (AvgIpc) is 3.84. The number of nitrogens with zero attached hydrogens (tertiary/aromatic N) is 6. The zero-order chi connectivity index (χ0) is 45.3. The van der Waals surface area contributed by atoms with Crippen LogP contribution >= 0.6 is 0 Å². The van der Waals surface area contributed by atoms with Gasteiger partial charge in [0.25, 0.3) is 0 Å². The van der Waals surface area contributed by atoms with E-state index in [9.17, 15) is 0 Å². The Morgan fingerprint density at radius 3 is 1.12 bits per heavy atom. The Bertz CT molecular complexity index is 3320. The van der Waals surface area contributed by atoms with Gasteiger partial charge >= 0.3 is 0 Å². The zero-order valence-corrected chi connectivity index (χ0v) is 40.2. The molecule has 0 aliphatic carbocycles. The lowest BCUT2D eigenvalue weighted by atomic mass is 9.83. The minimum absolute atomic E-state index is 0.0352. The van der Waals surface area contributed by atoms with E-state index in [1.165, 1.54) is 37.4 Å². The smallest absolute Gasteiger partial charge is 0.182 e. The summed E-state index contributed by atoms with van der Waals surface area (Å²) >= 11 is 0. The number of hydrogen-bond donors (Lipinski definition) is 0. The standard InChI is InChI=1S/C58H58N6Si/c1-10-57(6,7)40-31-48-50-33-46(37-61-54(50)63(52(48)59-35-40)42-21-15-12-16-22-42)65(44-23-17-13-18-24-44,45-25-19-14-20-26-45)47-34-51-49-32-41(58(8,9)11-2)36-60-53(49)64(55(51)62-38-47)43-29-27-39(28-30-43)56(3,4)5/h12-38H,10-11H2,1-9H3. The molecule has 0 radical (unpaired) electrons. The molecule has 10 rings (SSSR count). The predicted octanol–water partition coefficient (Wildman–Crippen LogP) is 11.5. The van der Waals surface area contributed by atoms with Gasteiger partial charge in [0.1, 0.15) is 22.6 Å². The molecule has 0 N–H and O–H groups in total. The van der Waals surface area contributed by atoms with Gasteiger partial charge in [0.15, 0.2) is 8.07 Å². The summed E-state index contributed by atoms with van der Waals surface area (Å²) in [5, 5.41) is 9.28. The first-order valence-electron chi connectivity index (χ1n) is 23.2. The second-order valence-corrected chi connectivity index (χ2v) is 24.0. The molecule has 0 bridgehead atoms. The van der Waals surface area contributed by atoms with Gasteiger partial charge < -0.3 is 0 Å². The topological polar surface area (TPSA) is 61.4 Å². The zero-order valence-electron chi connectivity index (χ0n) is 39.2. The van der Waals surface area contributed by atoms with E-state index < -0.39 is 8.07 Å². The maximum atomic E-state index is 5.55. The van der Waals surface area contributed by atoms with Crippen LogP contribution < -0.4 is 20.7 Å². The lowest BCUT2D eigenvalue weighted by molar-refractivity contribution is 0.505. The molecule has 6 heterocycles. The second kappa shape index (κ2) is 15.8. The fourth-order valence-electron chi connectivity index (χ4n) is 9.65. The van der Waals surface area contributed by atoms with Crippen molar-refractivity contribution in [2.45, 2.75) is 91.4 Å². The number of pyridine rings is 4. The number of benzene rings is 4. The lowest BCUT2D eigenvalue weighted by Gasteiger charge is -2.34. The van der Waals surface area contributed by atoms with Crippen molar-refractivity contribution in [2.75, 3.05) is 0 Å². The molecule has 0 saturated heterocycles. The quantitative estimate of drug-likeness (QED) is 0.129. The molecule has 0 spiro atoms. The maximum Gasteiger partial charge on any atom is 0.182 e. The maximum absolute atomic E-state index is 5.55. The van der Waals surface area contributed by atoms with E-state index >= 15 is 0 Å². The first-order chi connectivity index (χ1) is 31.3. The molecule has 10 aromatic rings. The Hall–Kier alpha value is -6.70. The highest BCUT2D eigenvalue weighted by Crippen LogP contribution is 2.37. The van der Waals surface area contributed by atoms with Crippen molar-refractivity contribution in [3.05, 3.63) is 181 Å². The third-order valence-electron chi connectivity index (χ3n) is 14.5. The van der Waals surface area contributed by atoms with E-state index in [0.29, 0.717) is 0 Å². The molecule has 7 heteroatoms. The third-order valence-corrected chi connectivity index (χ3v) is 19.2. The molecule has 6 aromatic heterocycles. The van der Waals surface area contributed by atoms with Crippen molar-refractivity contribution >= 4 is 73.0 Å². The van der Waals surface area contributed by atoms with Crippen molar-refractivity contribution in [1.82, 2.24) is 29.1 Å². The molecular formula is C58H58N6Si. The molecule has 0 amide bonds. The molecule has 65 heavy (non-hydrogen) atoms. The van der Waals surface area contributed by atoms with Crippen LogP contribution in [0.2, 0.25) is 0 Å². The highest BCUT2D eigenvalue weighted by molar-refractivity contribution is 7.20. The first-order valence-corrected chi connectivity index (χ1v) is 25.2. The SMILES string of the molecule is CCC(C)(C)c1cnc2c(c1)c1cc([Si](c3ccccc3)(c3ccccc3)c3cnc4c(c3)c3cc(C(C)(C)CC)cnc3n4-c3ccc(C(C)(C)C)cc3)cnc1n2-c1ccccc1. The predicted molar refractivity (Wildman–Crippen MR) is 275 cm³/mol. The number of para-hydroxylation sites is 1. The molecule has 0 fully saturated rings. The number of aromatic nitrogens is 6. The van der Waals surface area contributed by atoms with Gasteiger partial charge in [0, 0.05) is 57.7 Å². The van der Waals surface area contributed by atoms with Gasteiger partial charge in [-0.1, -0.05) is 153 Å². The highest BCUT2D eigenvalue weighted by atomic mass is 28.3. The minimum Gasteiger partial charge on any atom is -0.278 e. The summed E-state index contributed by atoms with van der Waals surface area (Å²) in [7, 11) is -3.18. The monoisotopic (exact) mass is 866 g/mol. The molecule has 6 nitrogen and oxygen atoms in total. The van der Waals surface area contributed by atoms with Crippen LogP contribution in [0.5, 0.6) is 0 Å². The highest BCUT2D eigenvalue weighted by Gasteiger charge is 2.43. The normalized spacial score (nSPS) is 12.8. The van der Waals surface area contributed by atoms with Crippen LogP contribution in [0, 0.1) is 0 Å². The van der Waals surface area contributed by atoms with Gasteiger partial charge in [-0.2, -0.15) is 0 Å². The van der Waals surface area contributed by atoms with Crippen molar-refractivity contribution in [3.63, 3.8) is 0 Å².